The lowest BCUT2D eigenvalue weighted by Gasteiger charge is -2.06. The van der Waals surface area contributed by atoms with E-state index >= 15 is 0 Å². The van der Waals surface area contributed by atoms with Crippen LogP contribution in [0.1, 0.15) is 33.8 Å². The van der Waals surface area contributed by atoms with Crippen LogP contribution < -0.4 is 16.2 Å². The predicted molar refractivity (Wildman–Crippen MR) is 128 cm³/mol. The fourth-order valence-electron chi connectivity index (χ4n) is 3.12. The van der Waals surface area contributed by atoms with Gasteiger partial charge in [-0.25, -0.2) is 9.67 Å². The van der Waals surface area contributed by atoms with Crippen LogP contribution in [-0.2, 0) is 4.79 Å². The molecular weight excluding hydrogens is 452 g/mol. The van der Waals surface area contributed by atoms with E-state index in [9.17, 15) is 14.4 Å². The molecule has 2 heterocycles. The normalized spacial score (nSPS) is 10.5. The highest BCUT2D eigenvalue weighted by Crippen LogP contribution is 2.20. The van der Waals surface area contributed by atoms with Gasteiger partial charge in [-0.2, -0.15) is 11.3 Å². The molecule has 0 radical (unpaired) electrons. The zero-order valence-corrected chi connectivity index (χ0v) is 18.9. The number of nitrogens with zero attached hydrogens (tertiary/aromatic N) is 3. The lowest BCUT2D eigenvalue weighted by atomic mass is 10.2. The molecule has 0 aliphatic rings. The number of carbonyl (C=O) groups excluding carboxylic acids is 3. The fraction of sp³-hybridized carbons (Fsp3) is 0.125. The molecule has 0 saturated carbocycles. The van der Waals surface area contributed by atoms with Crippen molar-refractivity contribution in [3.05, 3.63) is 88.9 Å². The van der Waals surface area contributed by atoms with Crippen molar-refractivity contribution < 1.29 is 14.4 Å². The molecule has 3 N–H and O–H groups in total. The molecule has 0 aliphatic heterocycles. The minimum atomic E-state index is -0.633. The number of para-hydroxylation sites is 1. The average Bonchev–Trinajstić information content (AvgIpc) is 3.57. The summed E-state index contributed by atoms with van der Waals surface area (Å²) >= 11 is 1.44. The van der Waals surface area contributed by atoms with E-state index in [-0.39, 0.29) is 24.1 Å². The number of benzene rings is 2. The molecule has 0 spiro atoms. The van der Waals surface area contributed by atoms with Crippen LogP contribution in [-0.4, -0.2) is 39.0 Å². The minimum absolute atomic E-state index is 0.0777. The summed E-state index contributed by atoms with van der Waals surface area (Å²) < 4.78 is 1.59. The Morgan fingerprint density at radius 1 is 0.882 bits per heavy atom. The Balaban J connectivity index is 1.33. The maximum Gasteiger partial charge on any atom is 0.309 e. The van der Waals surface area contributed by atoms with Gasteiger partial charge in [-0.1, -0.05) is 48.5 Å². The number of rotatable bonds is 8. The van der Waals surface area contributed by atoms with Gasteiger partial charge < -0.3 is 5.32 Å². The summed E-state index contributed by atoms with van der Waals surface area (Å²) in [6, 6.07) is 20.5. The molecule has 10 heteroatoms. The molecule has 0 aliphatic carbocycles. The van der Waals surface area contributed by atoms with Crippen LogP contribution in [0.5, 0.6) is 0 Å². The second kappa shape index (κ2) is 11.0. The number of hydrogen-bond donors (Lipinski definition) is 3. The standard InChI is InChI=1S/C24H22N6O3S/c31-20(12-7-14-25-23(32)18-13-15-34-16-18)27-28-24(33)21-26-22(17-8-3-1-4-9-17)30(29-21)19-10-5-2-6-11-19/h1-6,8-11,13,15-16H,7,12,14H2,(H,25,32)(H,27,31)(H,28,33). The first-order valence-electron chi connectivity index (χ1n) is 10.6. The van der Waals surface area contributed by atoms with E-state index in [4.69, 9.17) is 0 Å². The monoisotopic (exact) mass is 474 g/mol. The van der Waals surface area contributed by atoms with Crippen LogP contribution in [0.4, 0.5) is 0 Å². The molecule has 2 aromatic carbocycles. The Hall–Kier alpha value is -4.31. The van der Waals surface area contributed by atoms with Crippen molar-refractivity contribution in [1.82, 2.24) is 30.9 Å². The third-order valence-electron chi connectivity index (χ3n) is 4.81. The van der Waals surface area contributed by atoms with Gasteiger partial charge in [0, 0.05) is 29.5 Å². The third-order valence-corrected chi connectivity index (χ3v) is 5.49. The van der Waals surface area contributed by atoms with Crippen molar-refractivity contribution >= 4 is 29.1 Å². The molecule has 2 aromatic heterocycles. The van der Waals surface area contributed by atoms with Crippen molar-refractivity contribution in [1.29, 1.82) is 0 Å². The SMILES string of the molecule is O=C(CCCNC(=O)c1ccsc1)NNC(=O)c1nc(-c2ccccc2)n(-c2ccccc2)n1. The van der Waals surface area contributed by atoms with Gasteiger partial charge in [-0.3, -0.25) is 25.2 Å². The van der Waals surface area contributed by atoms with E-state index in [1.165, 1.54) is 11.3 Å². The second-order valence-electron chi connectivity index (χ2n) is 7.25. The van der Waals surface area contributed by atoms with Gasteiger partial charge in [0.1, 0.15) is 0 Å². The van der Waals surface area contributed by atoms with Crippen molar-refractivity contribution in [2.24, 2.45) is 0 Å². The summed E-state index contributed by atoms with van der Waals surface area (Å²) in [6.45, 7) is 0.347. The number of amides is 3. The average molecular weight is 475 g/mol. The van der Waals surface area contributed by atoms with Crippen LogP contribution in [0.15, 0.2) is 77.5 Å². The van der Waals surface area contributed by atoms with Gasteiger partial charge in [0.15, 0.2) is 5.82 Å². The van der Waals surface area contributed by atoms with E-state index in [0.29, 0.717) is 24.4 Å². The Labute approximate surface area is 199 Å². The Bertz CT molecular complexity index is 1200. The number of hydrogen-bond acceptors (Lipinski definition) is 6. The highest BCUT2D eigenvalue weighted by atomic mass is 32.1. The molecule has 0 fully saturated rings. The molecule has 9 nitrogen and oxygen atoms in total. The van der Waals surface area contributed by atoms with E-state index in [1.807, 2.05) is 66.0 Å². The van der Waals surface area contributed by atoms with Crippen LogP contribution >= 0.6 is 11.3 Å². The first kappa shape index (κ1) is 22.9. The molecule has 0 atom stereocenters. The molecule has 172 valence electrons. The minimum Gasteiger partial charge on any atom is -0.352 e. The molecular formula is C24H22N6O3S. The largest absolute Gasteiger partial charge is 0.352 e. The van der Waals surface area contributed by atoms with Gasteiger partial charge in [0.25, 0.3) is 5.91 Å². The molecule has 34 heavy (non-hydrogen) atoms. The van der Waals surface area contributed by atoms with Crippen molar-refractivity contribution in [2.75, 3.05) is 6.54 Å². The van der Waals surface area contributed by atoms with Gasteiger partial charge in [0.05, 0.1) is 5.69 Å². The quantitative estimate of drug-likeness (QED) is 0.268. The Kier molecular flexibility index (Phi) is 7.41. The van der Waals surface area contributed by atoms with Crippen LogP contribution in [0.3, 0.4) is 0 Å². The summed E-state index contributed by atoms with van der Waals surface area (Å²) in [6.07, 6.45) is 0.558. The Morgan fingerprint density at radius 2 is 1.62 bits per heavy atom. The molecule has 3 amide bonds. The number of carbonyl (C=O) groups is 3. The summed E-state index contributed by atoms with van der Waals surface area (Å²) in [5.74, 6) is -0.769. The summed E-state index contributed by atoms with van der Waals surface area (Å²) in [5, 5.41) is 10.7. The number of hydrazine groups is 1. The number of thiophene rings is 1. The molecule has 0 saturated heterocycles. The van der Waals surface area contributed by atoms with Crippen LogP contribution in [0, 0.1) is 0 Å². The van der Waals surface area contributed by atoms with Crippen LogP contribution in [0.2, 0.25) is 0 Å². The van der Waals surface area contributed by atoms with Gasteiger partial charge >= 0.3 is 5.91 Å². The highest BCUT2D eigenvalue weighted by Gasteiger charge is 2.19. The van der Waals surface area contributed by atoms with Crippen molar-refractivity contribution in [3.63, 3.8) is 0 Å². The number of aromatic nitrogens is 3. The summed E-state index contributed by atoms with van der Waals surface area (Å²) in [7, 11) is 0. The molecule has 0 unspecified atom stereocenters. The zero-order valence-electron chi connectivity index (χ0n) is 18.1. The highest BCUT2D eigenvalue weighted by molar-refractivity contribution is 7.08. The van der Waals surface area contributed by atoms with Crippen molar-refractivity contribution in [3.8, 4) is 17.1 Å². The Morgan fingerprint density at radius 3 is 2.32 bits per heavy atom. The van der Waals surface area contributed by atoms with Gasteiger partial charge in [0.2, 0.25) is 11.7 Å². The van der Waals surface area contributed by atoms with Crippen molar-refractivity contribution in [2.45, 2.75) is 12.8 Å². The van der Waals surface area contributed by atoms with Crippen LogP contribution in [0.25, 0.3) is 17.1 Å². The van der Waals surface area contributed by atoms with E-state index < -0.39 is 5.91 Å². The lowest BCUT2D eigenvalue weighted by molar-refractivity contribution is -0.121. The maximum absolute atomic E-state index is 12.6. The third kappa shape index (κ3) is 5.73. The van der Waals surface area contributed by atoms with Gasteiger partial charge in [-0.05, 0) is 30.0 Å². The smallest absolute Gasteiger partial charge is 0.309 e. The predicted octanol–water partition coefficient (Wildman–Crippen LogP) is 2.97. The first-order chi connectivity index (χ1) is 16.6. The van der Waals surface area contributed by atoms with E-state index in [1.54, 1.807) is 16.1 Å². The van der Waals surface area contributed by atoms with E-state index in [0.717, 1.165) is 11.3 Å². The fourth-order valence-corrected chi connectivity index (χ4v) is 3.76. The maximum atomic E-state index is 12.6. The molecule has 0 bridgehead atoms. The topological polar surface area (TPSA) is 118 Å². The van der Waals surface area contributed by atoms with Gasteiger partial charge in [-0.15, -0.1) is 5.10 Å². The van der Waals surface area contributed by atoms with E-state index in [2.05, 4.69) is 26.3 Å². The molecule has 4 aromatic rings. The lowest BCUT2D eigenvalue weighted by Crippen LogP contribution is -2.42. The zero-order chi connectivity index (χ0) is 23.8. The summed E-state index contributed by atoms with van der Waals surface area (Å²) in [5.41, 5.74) is 6.86. The second-order valence-corrected chi connectivity index (χ2v) is 8.03. The molecule has 4 rings (SSSR count). The number of nitrogens with one attached hydrogen (secondary N) is 3. The summed E-state index contributed by atoms with van der Waals surface area (Å²) in [4.78, 5) is 41.0. The first-order valence-corrected chi connectivity index (χ1v) is 11.5.